The molecule has 0 spiro atoms. The lowest BCUT2D eigenvalue weighted by Gasteiger charge is -2.37. The SMILES string of the molecule is COc1ccc(C(OC[C@H]2O[C@@H](n3ccc(N(Cn4ccnc4[N+](=O)[O-])C(=O)c4ccccc4)nc3=O)C[C@@H]2O)(c2ccccc2)c2ccc(OC)cc2)cc1. The number of imidazole rings is 1. The Labute approximate surface area is 321 Å². The molecule has 0 saturated carbocycles. The maximum Gasteiger partial charge on any atom is 0.436 e. The molecule has 4 aromatic carbocycles. The Morgan fingerprint density at radius 2 is 1.48 bits per heavy atom. The van der Waals surface area contributed by atoms with Gasteiger partial charge < -0.3 is 34.2 Å². The van der Waals surface area contributed by atoms with Crippen LogP contribution in [0.25, 0.3) is 0 Å². The third kappa shape index (κ3) is 7.50. The van der Waals surface area contributed by atoms with Crippen LogP contribution in [-0.4, -0.2) is 68.1 Å². The minimum Gasteiger partial charge on any atom is -0.497 e. The first-order valence-electron chi connectivity index (χ1n) is 17.7. The van der Waals surface area contributed by atoms with E-state index in [0.717, 1.165) is 21.6 Å². The van der Waals surface area contributed by atoms with E-state index in [2.05, 4.69) is 9.97 Å². The summed E-state index contributed by atoms with van der Waals surface area (Å²) < 4.78 is 26.5. The fourth-order valence-corrected chi connectivity index (χ4v) is 6.80. The fraction of sp³-hybridized carbons (Fsp3) is 0.220. The lowest BCUT2D eigenvalue weighted by Crippen LogP contribution is -2.38. The number of nitrogens with zero attached hydrogens (tertiary/aromatic N) is 6. The van der Waals surface area contributed by atoms with Crippen molar-refractivity contribution >= 4 is 17.7 Å². The zero-order chi connectivity index (χ0) is 39.2. The van der Waals surface area contributed by atoms with E-state index in [1.54, 1.807) is 44.6 Å². The van der Waals surface area contributed by atoms with Gasteiger partial charge in [-0.25, -0.2) is 9.36 Å². The van der Waals surface area contributed by atoms with Gasteiger partial charge in [-0.1, -0.05) is 77.8 Å². The summed E-state index contributed by atoms with van der Waals surface area (Å²) in [7, 11) is 3.19. The van der Waals surface area contributed by atoms with Crippen molar-refractivity contribution in [2.24, 2.45) is 0 Å². The summed E-state index contributed by atoms with van der Waals surface area (Å²) in [6, 6.07) is 34.5. The quantitative estimate of drug-likeness (QED) is 0.0865. The topological polar surface area (TPSA) is 173 Å². The second-order valence-corrected chi connectivity index (χ2v) is 12.9. The predicted molar refractivity (Wildman–Crippen MR) is 203 cm³/mol. The number of ether oxygens (including phenoxy) is 4. The third-order valence-electron chi connectivity index (χ3n) is 9.66. The number of benzene rings is 4. The van der Waals surface area contributed by atoms with Crippen molar-refractivity contribution in [3.63, 3.8) is 0 Å². The first-order valence-corrected chi connectivity index (χ1v) is 17.7. The molecule has 0 radical (unpaired) electrons. The molecule has 56 heavy (non-hydrogen) atoms. The number of carbonyl (C=O) groups is 1. The van der Waals surface area contributed by atoms with E-state index in [1.807, 2.05) is 78.9 Å². The largest absolute Gasteiger partial charge is 0.497 e. The highest BCUT2D eigenvalue weighted by Crippen LogP contribution is 2.42. The Bertz CT molecular complexity index is 2290. The maximum atomic E-state index is 13.7. The Hall–Kier alpha value is -6.68. The first-order chi connectivity index (χ1) is 27.2. The highest BCUT2D eigenvalue weighted by molar-refractivity contribution is 6.05. The molecule has 1 saturated heterocycles. The van der Waals surface area contributed by atoms with E-state index < -0.39 is 46.5 Å². The normalized spacial score (nSPS) is 16.7. The van der Waals surface area contributed by atoms with Crippen LogP contribution in [0.2, 0.25) is 0 Å². The van der Waals surface area contributed by atoms with Gasteiger partial charge in [-0.2, -0.15) is 4.98 Å². The number of methoxy groups -OCH3 is 2. The molecule has 1 fully saturated rings. The molecule has 2 aromatic heterocycles. The van der Waals surface area contributed by atoms with Gasteiger partial charge in [-0.05, 0) is 64.1 Å². The van der Waals surface area contributed by atoms with Crippen LogP contribution < -0.4 is 20.1 Å². The number of aliphatic hydroxyl groups excluding tert-OH is 1. The summed E-state index contributed by atoms with van der Waals surface area (Å²) >= 11 is 0. The lowest BCUT2D eigenvalue weighted by molar-refractivity contribution is -0.396. The number of rotatable bonds is 14. The van der Waals surface area contributed by atoms with Gasteiger partial charge in [0.15, 0.2) is 6.67 Å². The predicted octanol–water partition coefficient (Wildman–Crippen LogP) is 5.33. The number of hydrogen-bond acceptors (Lipinski definition) is 11. The van der Waals surface area contributed by atoms with Gasteiger partial charge in [-0.15, -0.1) is 0 Å². The van der Waals surface area contributed by atoms with Crippen LogP contribution >= 0.6 is 0 Å². The summed E-state index contributed by atoms with van der Waals surface area (Å²) in [5.41, 5.74) is 0.770. The molecule has 15 nitrogen and oxygen atoms in total. The van der Waals surface area contributed by atoms with E-state index in [-0.39, 0.29) is 31.1 Å². The van der Waals surface area contributed by atoms with E-state index in [4.69, 9.17) is 18.9 Å². The van der Waals surface area contributed by atoms with E-state index in [1.165, 1.54) is 33.8 Å². The molecule has 3 heterocycles. The molecular formula is C41H38N6O9. The van der Waals surface area contributed by atoms with Crippen LogP contribution in [0, 0.1) is 10.1 Å². The molecule has 0 unspecified atom stereocenters. The molecule has 7 rings (SSSR count). The Balaban J connectivity index is 1.17. The number of aromatic nitrogens is 4. The molecule has 3 atom stereocenters. The van der Waals surface area contributed by atoms with Crippen LogP contribution in [0.3, 0.4) is 0 Å². The molecule has 0 aliphatic carbocycles. The summed E-state index contributed by atoms with van der Waals surface area (Å²) in [5.74, 6) is 0.264. The molecule has 1 N–H and O–H groups in total. The Morgan fingerprint density at radius 1 is 0.893 bits per heavy atom. The highest BCUT2D eigenvalue weighted by Gasteiger charge is 2.42. The van der Waals surface area contributed by atoms with Crippen molar-refractivity contribution in [1.29, 1.82) is 0 Å². The second kappa shape index (κ2) is 16.4. The standard InChI is InChI=1S/C41H38N6O9/c1-53-32-17-13-30(14-18-32)41(29-11-7-4-8-12-29,31-15-19-33(54-2)20-16-31)55-26-35-34(48)25-37(56-35)45-23-21-36(43-40(45)50)46(38(49)28-9-5-3-6-10-28)27-44-24-22-42-39(44)47(51)52/h3-24,34-35,37,48H,25-27H2,1-2H3/t34-,35+,37+/m0/s1. The minimum atomic E-state index is -1.17. The van der Waals surface area contributed by atoms with Gasteiger partial charge in [0, 0.05) is 18.2 Å². The van der Waals surface area contributed by atoms with Crippen molar-refractivity contribution in [3.8, 4) is 11.5 Å². The van der Waals surface area contributed by atoms with Gasteiger partial charge >= 0.3 is 11.6 Å². The smallest absolute Gasteiger partial charge is 0.436 e. The molecule has 286 valence electrons. The zero-order valence-electron chi connectivity index (χ0n) is 30.5. The van der Waals surface area contributed by atoms with E-state index >= 15 is 0 Å². The van der Waals surface area contributed by atoms with Crippen molar-refractivity contribution in [3.05, 3.63) is 177 Å². The lowest BCUT2D eigenvalue weighted by atomic mass is 9.80. The number of hydrogen-bond donors (Lipinski definition) is 1. The molecule has 1 aliphatic heterocycles. The average Bonchev–Trinajstić information content (AvgIpc) is 3.87. The summed E-state index contributed by atoms with van der Waals surface area (Å²) in [4.78, 5) is 47.4. The van der Waals surface area contributed by atoms with Crippen molar-refractivity contribution in [1.82, 2.24) is 19.1 Å². The molecular weight excluding hydrogens is 720 g/mol. The summed E-state index contributed by atoms with van der Waals surface area (Å²) in [6.45, 7) is -0.419. The number of carbonyl (C=O) groups excluding carboxylic acids is 1. The Morgan fingerprint density at radius 3 is 2.05 bits per heavy atom. The van der Waals surface area contributed by atoms with E-state index in [0.29, 0.717) is 11.5 Å². The van der Waals surface area contributed by atoms with Gasteiger partial charge in [0.2, 0.25) is 0 Å². The average molecular weight is 759 g/mol. The van der Waals surface area contributed by atoms with Gasteiger partial charge in [0.25, 0.3) is 5.91 Å². The Kier molecular flexibility index (Phi) is 11.0. The van der Waals surface area contributed by atoms with Crippen LogP contribution in [0.1, 0.15) is 39.7 Å². The first kappa shape index (κ1) is 37.6. The van der Waals surface area contributed by atoms with Crippen LogP contribution in [0.15, 0.2) is 139 Å². The van der Waals surface area contributed by atoms with Crippen LogP contribution in [-0.2, 0) is 21.7 Å². The second-order valence-electron chi connectivity index (χ2n) is 12.9. The zero-order valence-corrected chi connectivity index (χ0v) is 30.5. The summed E-state index contributed by atoms with van der Waals surface area (Å²) in [5, 5.41) is 22.9. The van der Waals surface area contributed by atoms with Crippen molar-refractivity contribution < 1.29 is 33.8 Å². The molecule has 1 aliphatic rings. The molecule has 6 aromatic rings. The number of nitro groups is 1. The van der Waals surface area contributed by atoms with Gasteiger partial charge in [0.05, 0.1) is 26.9 Å². The van der Waals surface area contributed by atoms with Crippen LogP contribution in [0.4, 0.5) is 11.8 Å². The fourth-order valence-electron chi connectivity index (χ4n) is 6.80. The van der Waals surface area contributed by atoms with Gasteiger partial charge in [0.1, 0.15) is 47.6 Å². The highest BCUT2D eigenvalue weighted by atomic mass is 16.6. The number of amides is 1. The van der Waals surface area contributed by atoms with Gasteiger partial charge in [-0.3, -0.25) is 14.3 Å². The third-order valence-corrected chi connectivity index (χ3v) is 9.66. The summed E-state index contributed by atoms with van der Waals surface area (Å²) in [6.07, 6.45) is 1.27. The molecule has 0 bridgehead atoms. The minimum absolute atomic E-state index is 0.0479. The molecule has 1 amide bonds. The monoisotopic (exact) mass is 758 g/mol. The van der Waals surface area contributed by atoms with Crippen molar-refractivity contribution in [2.75, 3.05) is 25.7 Å². The molecule has 15 heteroatoms. The van der Waals surface area contributed by atoms with E-state index in [9.17, 15) is 24.8 Å². The van der Waals surface area contributed by atoms with Crippen LogP contribution in [0.5, 0.6) is 11.5 Å². The van der Waals surface area contributed by atoms with Crippen molar-refractivity contribution in [2.45, 2.75) is 37.1 Å². The number of aliphatic hydroxyl groups is 1. The maximum absolute atomic E-state index is 13.7. The number of anilines is 1.